The summed E-state index contributed by atoms with van der Waals surface area (Å²) in [4.78, 5) is 19.8. The van der Waals surface area contributed by atoms with E-state index in [1.165, 1.54) is 6.33 Å². The van der Waals surface area contributed by atoms with Crippen LogP contribution in [0.3, 0.4) is 0 Å². The number of hydrogen-bond donors (Lipinski definition) is 2. The number of aliphatic hydroxyl groups excluding tert-OH is 1. The molecule has 126 valence electrons. The van der Waals surface area contributed by atoms with Crippen molar-refractivity contribution in [2.75, 3.05) is 11.9 Å². The third-order valence-corrected chi connectivity index (χ3v) is 3.92. The average molecular weight is 333 g/mol. The number of aliphatic hydroxyl groups is 1. The summed E-state index contributed by atoms with van der Waals surface area (Å²) < 4.78 is 0. The summed E-state index contributed by atoms with van der Waals surface area (Å²) in [6, 6.07) is 18.6. The Morgan fingerprint density at radius 3 is 2.48 bits per heavy atom. The van der Waals surface area contributed by atoms with Gasteiger partial charge in [0, 0.05) is 23.7 Å². The first-order valence-electron chi connectivity index (χ1n) is 8.04. The number of ketones is 1. The maximum Gasteiger partial charge on any atom is 0.159 e. The lowest BCUT2D eigenvalue weighted by molar-refractivity contribution is 0.101. The molecule has 5 nitrogen and oxygen atoms in total. The number of Topliss-reactive ketones (excluding diaryl/α,β-unsaturated/α-hetero) is 1. The Morgan fingerprint density at radius 1 is 1.08 bits per heavy atom. The van der Waals surface area contributed by atoms with Gasteiger partial charge in [0.25, 0.3) is 0 Å². The van der Waals surface area contributed by atoms with Gasteiger partial charge >= 0.3 is 0 Å². The first kappa shape index (κ1) is 16.8. The van der Waals surface area contributed by atoms with Gasteiger partial charge in [0.1, 0.15) is 12.1 Å². The third-order valence-electron chi connectivity index (χ3n) is 3.92. The summed E-state index contributed by atoms with van der Waals surface area (Å²) in [5.74, 6) is 0.669. The molecule has 25 heavy (non-hydrogen) atoms. The SMILES string of the molecule is CC(=O)c1ccc(-c2cc(NCC(O)c3ccccc3)ncn2)cc1. The van der Waals surface area contributed by atoms with Crippen LogP contribution in [0.15, 0.2) is 67.0 Å². The van der Waals surface area contributed by atoms with Crippen LogP contribution in [0.1, 0.15) is 28.9 Å². The fourth-order valence-electron chi connectivity index (χ4n) is 2.48. The zero-order valence-corrected chi connectivity index (χ0v) is 13.9. The van der Waals surface area contributed by atoms with Crippen molar-refractivity contribution in [2.24, 2.45) is 0 Å². The molecule has 0 radical (unpaired) electrons. The molecule has 0 bridgehead atoms. The first-order valence-corrected chi connectivity index (χ1v) is 8.04. The van der Waals surface area contributed by atoms with Crippen molar-refractivity contribution < 1.29 is 9.90 Å². The molecule has 0 aliphatic heterocycles. The van der Waals surface area contributed by atoms with Crippen molar-refractivity contribution in [1.29, 1.82) is 0 Å². The lowest BCUT2D eigenvalue weighted by atomic mass is 10.1. The van der Waals surface area contributed by atoms with Gasteiger partial charge in [-0.2, -0.15) is 0 Å². The van der Waals surface area contributed by atoms with Crippen molar-refractivity contribution in [2.45, 2.75) is 13.0 Å². The Morgan fingerprint density at radius 2 is 1.80 bits per heavy atom. The fourth-order valence-corrected chi connectivity index (χ4v) is 2.48. The van der Waals surface area contributed by atoms with E-state index in [-0.39, 0.29) is 5.78 Å². The number of nitrogens with zero attached hydrogens (tertiary/aromatic N) is 2. The van der Waals surface area contributed by atoms with Crippen LogP contribution in [-0.4, -0.2) is 27.4 Å². The number of rotatable bonds is 6. The van der Waals surface area contributed by atoms with E-state index < -0.39 is 6.10 Å². The molecule has 1 unspecified atom stereocenters. The van der Waals surface area contributed by atoms with Crippen molar-refractivity contribution in [3.8, 4) is 11.3 Å². The van der Waals surface area contributed by atoms with Crippen LogP contribution in [0, 0.1) is 0 Å². The predicted octanol–water partition coefficient (Wildman–Crippen LogP) is 3.49. The standard InChI is InChI=1S/C20H19N3O2/c1-14(24)15-7-9-16(10-8-15)18-11-20(23-13-22-18)21-12-19(25)17-5-3-2-4-6-17/h2-11,13,19,25H,12H2,1H3,(H,21,22,23). The van der Waals surface area contributed by atoms with Gasteiger partial charge in [-0.05, 0) is 12.5 Å². The molecule has 1 atom stereocenters. The molecule has 3 rings (SSSR count). The fraction of sp³-hybridized carbons (Fsp3) is 0.150. The first-order chi connectivity index (χ1) is 12.1. The molecule has 0 aliphatic rings. The Hall–Kier alpha value is -3.05. The zero-order valence-electron chi connectivity index (χ0n) is 13.9. The van der Waals surface area contributed by atoms with E-state index in [1.54, 1.807) is 19.1 Å². The number of carbonyl (C=O) groups is 1. The highest BCUT2D eigenvalue weighted by Crippen LogP contribution is 2.20. The highest BCUT2D eigenvalue weighted by molar-refractivity contribution is 5.94. The van der Waals surface area contributed by atoms with E-state index >= 15 is 0 Å². The lowest BCUT2D eigenvalue weighted by Gasteiger charge is -2.13. The Bertz CT molecular complexity index is 848. The van der Waals surface area contributed by atoms with Gasteiger partial charge < -0.3 is 10.4 Å². The number of hydrogen-bond acceptors (Lipinski definition) is 5. The maximum absolute atomic E-state index is 11.4. The van der Waals surface area contributed by atoms with Gasteiger partial charge in [-0.15, -0.1) is 0 Å². The predicted molar refractivity (Wildman–Crippen MR) is 97.4 cm³/mol. The van der Waals surface area contributed by atoms with Crippen molar-refractivity contribution in [1.82, 2.24) is 9.97 Å². The van der Waals surface area contributed by atoms with E-state index in [0.29, 0.717) is 17.9 Å². The van der Waals surface area contributed by atoms with Crippen LogP contribution < -0.4 is 5.32 Å². The molecular formula is C20H19N3O2. The van der Waals surface area contributed by atoms with Crippen LogP contribution in [0.5, 0.6) is 0 Å². The topological polar surface area (TPSA) is 75.1 Å². The van der Waals surface area contributed by atoms with Crippen LogP contribution in [0.25, 0.3) is 11.3 Å². The second kappa shape index (κ2) is 7.68. The Balaban J connectivity index is 1.70. The molecule has 0 fully saturated rings. The molecule has 3 aromatic rings. The zero-order chi connectivity index (χ0) is 17.6. The smallest absolute Gasteiger partial charge is 0.159 e. The Labute approximate surface area is 146 Å². The minimum atomic E-state index is -0.616. The summed E-state index contributed by atoms with van der Waals surface area (Å²) in [5, 5.41) is 13.3. The molecule has 0 saturated carbocycles. The van der Waals surface area contributed by atoms with Crippen LogP contribution in [0.2, 0.25) is 0 Å². The number of aromatic nitrogens is 2. The second-order valence-corrected chi connectivity index (χ2v) is 5.73. The van der Waals surface area contributed by atoms with Crippen molar-refractivity contribution in [3.05, 3.63) is 78.1 Å². The minimum absolute atomic E-state index is 0.0338. The van der Waals surface area contributed by atoms with Gasteiger partial charge in [-0.3, -0.25) is 4.79 Å². The number of anilines is 1. The van der Waals surface area contributed by atoms with Gasteiger partial charge in [-0.25, -0.2) is 9.97 Å². The molecule has 0 spiro atoms. The Kier molecular flexibility index (Phi) is 5.16. The van der Waals surface area contributed by atoms with Gasteiger partial charge in [0.2, 0.25) is 0 Å². The normalized spacial score (nSPS) is 11.8. The third kappa shape index (κ3) is 4.28. The average Bonchev–Trinajstić information content (AvgIpc) is 2.67. The molecule has 0 saturated heterocycles. The maximum atomic E-state index is 11.4. The van der Waals surface area contributed by atoms with E-state index in [2.05, 4.69) is 15.3 Å². The number of benzene rings is 2. The molecule has 1 heterocycles. The summed E-state index contributed by atoms with van der Waals surface area (Å²) in [6.07, 6.45) is 0.861. The summed E-state index contributed by atoms with van der Waals surface area (Å²) in [5.41, 5.74) is 3.17. The van der Waals surface area contributed by atoms with E-state index in [0.717, 1.165) is 16.8 Å². The number of nitrogens with one attached hydrogen (secondary N) is 1. The quantitative estimate of drug-likeness (QED) is 0.675. The van der Waals surface area contributed by atoms with E-state index in [9.17, 15) is 9.90 Å². The summed E-state index contributed by atoms with van der Waals surface area (Å²) in [7, 11) is 0. The molecule has 5 heteroatoms. The van der Waals surface area contributed by atoms with Gasteiger partial charge in [0.05, 0.1) is 11.8 Å². The van der Waals surface area contributed by atoms with Gasteiger partial charge in [-0.1, -0.05) is 54.6 Å². The molecule has 0 amide bonds. The summed E-state index contributed by atoms with van der Waals surface area (Å²) in [6.45, 7) is 1.89. The van der Waals surface area contributed by atoms with Crippen LogP contribution in [-0.2, 0) is 0 Å². The lowest BCUT2D eigenvalue weighted by Crippen LogP contribution is -2.13. The van der Waals surface area contributed by atoms with Crippen molar-refractivity contribution >= 4 is 11.6 Å². The monoisotopic (exact) mass is 333 g/mol. The van der Waals surface area contributed by atoms with E-state index in [1.807, 2.05) is 48.5 Å². The second-order valence-electron chi connectivity index (χ2n) is 5.73. The molecule has 2 aromatic carbocycles. The van der Waals surface area contributed by atoms with Crippen LogP contribution >= 0.6 is 0 Å². The molecule has 1 aromatic heterocycles. The van der Waals surface area contributed by atoms with Gasteiger partial charge in [0.15, 0.2) is 5.78 Å². The highest BCUT2D eigenvalue weighted by Gasteiger charge is 2.08. The molecule has 0 aliphatic carbocycles. The van der Waals surface area contributed by atoms with Crippen molar-refractivity contribution in [3.63, 3.8) is 0 Å². The molecular weight excluding hydrogens is 314 g/mol. The van der Waals surface area contributed by atoms with Crippen LogP contribution in [0.4, 0.5) is 5.82 Å². The van der Waals surface area contributed by atoms with E-state index in [4.69, 9.17) is 0 Å². The summed E-state index contributed by atoms with van der Waals surface area (Å²) >= 11 is 0. The number of carbonyl (C=O) groups excluding carboxylic acids is 1. The largest absolute Gasteiger partial charge is 0.387 e. The minimum Gasteiger partial charge on any atom is -0.387 e. The highest BCUT2D eigenvalue weighted by atomic mass is 16.3. The molecule has 2 N–H and O–H groups in total.